The smallest absolute Gasteiger partial charge is 0.234 e. The molecule has 4 rings (SSSR count). The third kappa shape index (κ3) is 4.52. The van der Waals surface area contributed by atoms with E-state index in [4.69, 9.17) is 0 Å². The number of halogens is 3. The number of carbonyl (C=O) groups is 1. The molecule has 1 amide bonds. The number of nitrogens with zero attached hydrogens (tertiary/aromatic N) is 2. The van der Waals surface area contributed by atoms with Gasteiger partial charge in [0.2, 0.25) is 5.91 Å². The number of amides is 1. The average Bonchev–Trinajstić information content (AvgIpc) is 3.13. The number of benzene rings is 2. The Bertz CT molecular complexity index is 1130. The van der Waals surface area contributed by atoms with Crippen molar-refractivity contribution in [2.75, 3.05) is 27.5 Å². The molecule has 2 aromatic rings. The van der Waals surface area contributed by atoms with Gasteiger partial charge in [-0.2, -0.15) is 0 Å². The number of anilines is 2. The zero-order valence-electron chi connectivity index (χ0n) is 15.4. The number of amidine groups is 1. The first-order valence-electron chi connectivity index (χ1n) is 8.92. The largest absolute Gasteiger partial charge is 0.325 e. The predicted molar refractivity (Wildman–Crippen MR) is 118 cm³/mol. The number of carbonyl (C=O) groups excluding carboxylic acids is 1. The van der Waals surface area contributed by atoms with Gasteiger partial charge in [0, 0.05) is 16.2 Å². The summed E-state index contributed by atoms with van der Waals surface area (Å²) in [5.41, 5.74) is 0.669. The fraction of sp³-hybridized carbons (Fsp3) is 0.263. The van der Waals surface area contributed by atoms with E-state index in [1.54, 1.807) is 24.3 Å². The lowest BCUT2D eigenvalue weighted by atomic mass is 10.1. The quantitative estimate of drug-likeness (QED) is 0.674. The standard InChI is InChI=1S/C19H16BrF2N3O3S2/c20-11-1-4-13(5-2-11)23-18(26)8-29-19-24-15-9-30(27,28)10-17(15)25(19)16-6-3-12(21)7-14(16)22/h1-7,15,17H,8-10H2,(H,23,26). The predicted octanol–water partition coefficient (Wildman–Crippen LogP) is 3.44. The van der Waals surface area contributed by atoms with Crippen molar-refractivity contribution in [3.8, 4) is 0 Å². The average molecular weight is 516 g/mol. The third-order valence-electron chi connectivity index (χ3n) is 4.74. The molecule has 2 heterocycles. The fourth-order valence-electron chi connectivity index (χ4n) is 3.45. The van der Waals surface area contributed by atoms with Crippen LogP contribution >= 0.6 is 27.7 Å². The Morgan fingerprint density at radius 3 is 2.63 bits per heavy atom. The van der Waals surface area contributed by atoms with Crippen molar-refractivity contribution in [3.05, 3.63) is 58.6 Å². The maximum Gasteiger partial charge on any atom is 0.234 e. The highest BCUT2D eigenvalue weighted by atomic mass is 79.9. The summed E-state index contributed by atoms with van der Waals surface area (Å²) in [5, 5.41) is 3.10. The number of aliphatic imine (C=N–C) groups is 1. The first-order valence-corrected chi connectivity index (χ1v) is 12.5. The van der Waals surface area contributed by atoms with E-state index < -0.39 is 33.6 Å². The van der Waals surface area contributed by atoms with Crippen molar-refractivity contribution in [3.63, 3.8) is 0 Å². The van der Waals surface area contributed by atoms with E-state index in [1.807, 2.05) is 0 Å². The van der Waals surface area contributed by atoms with E-state index >= 15 is 0 Å². The minimum Gasteiger partial charge on any atom is -0.325 e. The van der Waals surface area contributed by atoms with Crippen LogP contribution in [0.15, 0.2) is 51.9 Å². The molecule has 158 valence electrons. The van der Waals surface area contributed by atoms with Crippen LogP contribution in [0, 0.1) is 11.6 Å². The van der Waals surface area contributed by atoms with Crippen LogP contribution in [0.5, 0.6) is 0 Å². The van der Waals surface area contributed by atoms with Crippen LogP contribution in [0.25, 0.3) is 0 Å². The summed E-state index contributed by atoms with van der Waals surface area (Å²) in [4.78, 5) is 18.2. The van der Waals surface area contributed by atoms with Gasteiger partial charge in [0.1, 0.15) is 11.6 Å². The molecule has 0 saturated carbocycles. The fourth-order valence-corrected chi connectivity index (χ4v) is 6.48. The molecule has 1 saturated heterocycles. The SMILES string of the molecule is O=C(CSC1=NC2CS(=O)(=O)CC2N1c1ccc(F)cc1F)Nc1ccc(Br)cc1. The Morgan fingerprint density at radius 1 is 1.20 bits per heavy atom. The zero-order valence-corrected chi connectivity index (χ0v) is 18.6. The molecule has 1 N–H and O–H groups in total. The van der Waals surface area contributed by atoms with Crippen LogP contribution in [-0.2, 0) is 14.6 Å². The lowest BCUT2D eigenvalue weighted by Gasteiger charge is -2.26. The highest BCUT2D eigenvalue weighted by molar-refractivity contribution is 9.10. The molecule has 0 radical (unpaired) electrons. The maximum absolute atomic E-state index is 14.5. The van der Waals surface area contributed by atoms with Gasteiger partial charge in [-0.15, -0.1) is 0 Å². The van der Waals surface area contributed by atoms with E-state index in [9.17, 15) is 22.0 Å². The molecule has 1 fully saturated rings. The Morgan fingerprint density at radius 2 is 1.93 bits per heavy atom. The summed E-state index contributed by atoms with van der Waals surface area (Å²) >= 11 is 4.41. The second-order valence-corrected chi connectivity index (χ2v) is 10.9. The molecule has 2 aliphatic rings. The Kier molecular flexibility index (Phi) is 5.86. The summed E-state index contributed by atoms with van der Waals surface area (Å²) < 4.78 is 52.8. The van der Waals surface area contributed by atoms with Gasteiger partial charge in [-0.25, -0.2) is 17.2 Å². The van der Waals surface area contributed by atoms with Gasteiger partial charge in [-0.3, -0.25) is 9.79 Å². The summed E-state index contributed by atoms with van der Waals surface area (Å²) in [6, 6.07) is 9.07. The van der Waals surface area contributed by atoms with E-state index in [-0.39, 0.29) is 28.9 Å². The molecular weight excluding hydrogens is 500 g/mol. The normalized spacial score (nSPS) is 22.0. The highest BCUT2D eigenvalue weighted by Crippen LogP contribution is 2.36. The number of sulfone groups is 1. The second kappa shape index (κ2) is 8.27. The van der Waals surface area contributed by atoms with Crippen LogP contribution in [0.3, 0.4) is 0 Å². The first kappa shape index (κ1) is 21.3. The molecule has 11 heteroatoms. The van der Waals surface area contributed by atoms with Gasteiger partial charge in [-0.1, -0.05) is 27.7 Å². The van der Waals surface area contributed by atoms with Gasteiger partial charge in [0.25, 0.3) is 0 Å². The lowest BCUT2D eigenvalue weighted by molar-refractivity contribution is -0.113. The number of hydrogen-bond acceptors (Lipinski definition) is 6. The van der Waals surface area contributed by atoms with E-state index in [0.29, 0.717) is 10.9 Å². The van der Waals surface area contributed by atoms with Crippen molar-refractivity contribution >= 4 is 60.0 Å². The zero-order chi connectivity index (χ0) is 21.5. The van der Waals surface area contributed by atoms with Gasteiger partial charge >= 0.3 is 0 Å². The third-order valence-corrected chi connectivity index (χ3v) is 7.93. The van der Waals surface area contributed by atoms with Gasteiger partial charge < -0.3 is 10.2 Å². The number of nitrogens with one attached hydrogen (secondary N) is 1. The van der Waals surface area contributed by atoms with Crippen molar-refractivity contribution in [2.45, 2.75) is 12.1 Å². The molecule has 30 heavy (non-hydrogen) atoms. The van der Waals surface area contributed by atoms with Crippen LogP contribution in [0.1, 0.15) is 0 Å². The number of rotatable bonds is 4. The number of thioether (sulfide) groups is 1. The Balaban J connectivity index is 1.52. The number of fused-ring (bicyclic) bond motifs is 1. The van der Waals surface area contributed by atoms with Crippen molar-refractivity contribution in [1.29, 1.82) is 0 Å². The second-order valence-electron chi connectivity index (χ2n) is 6.93. The first-order chi connectivity index (χ1) is 14.2. The Labute approximate surface area is 184 Å². The molecular formula is C19H16BrF2N3O3S2. The molecule has 6 nitrogen and oxygen atoms in total. The topological polar surface area (TPSA) is 78.8 Å². The van der Waals surface area contributed by atoms with Crippen LogP contribution < -0.4 is 10.2 Å². The van der Waals surface area contributed by atoms with Crippen molar-refractivity contribution in [2.24, 2.45) is 4.99 Å². The molecule has 2 aromatic carbocycles. The molecule has 0 aliphatic carbocycles. The lowest BCUT2D eigenvalue weighted by Crippen LogP contribution is -2.40. The van der Waals surface area contributed by atoms with E-state index in [0.717, 1.165) is 28.4 Å². The van der Waals surface area contributed by atoms with E-state index in [2.05, 4.69) is 26.2 Å². The molecule has 2 aliphatic heterocycles. The Hall–Kier alpha value is -1.98. The highest BCUT2D eigenvalue weighted by Gasteiger charge is 2.47. The molecule has 0 aromatic heterocycles. The minimum atomic E-state index is -3.30. The molecule has 2 unspecified atom stereocenters. The minimum absolute atomic E-state index is 0.000398. The molecule has 2 atom stereocenters. The van der Waals surface area contributed by atoms with Crippen molar-refractivity contribution < 1.29 is 22.0 Å². The van der Waals surface area contributed by atoms with Gasteiger partial charge in [0.15, 0.2) is 15.0 Å². The maximum atomic E-state index is 14.5. The molecule has 0 bridgehead atoms. The van der Waals surface area contributed by atoms with Gasteiger partial charge in [0.05, 0.1) is 35.0 Å². The van der Waals surface area contributed by atoms with Crippen LogP contribution in [0.4, 0.5) is 20.2 Å². The summed E-state index contributed by atoms with van der Waals surface area (Å²) in [6.45, 7) is 0. The molecule has 0 spiro atoms. The number of hydrogen-bond donors (Lipinski definition) is 1. The summed E-state index contributed by atoms with van der Waals surface area (Å²) in [7, 11) is -3.30. The van der Waals surface area contributed by atoms with Crippen molar-refractivity contribution in [1.82, 2.24) is 0 Å². The van der Waals surface area contributed by atoms with Crippen LogP contribution in [-0.4, -0.2) is 48.8 Å². The summed E-state index contributed by atoms with van der Waals surface area (Å²) in [6.07, 6.45) is 0. The van der Waals surface area contributed by atoms with E-state index in [1.165, 1.54) is 11.0 Å². The summed E-state index contributed by atoms with van der Waals surface area (Å²) in [5.74, 6) is -2.13. The van der Waals surface area contributed by atoms with Gasteiger partial charge in [-0.05, 0) is 36.4 Å². The van der Waals surface area contributed by atoms with Crippen LogP contribution in [0.2, 0.25) is 0 Å². The monoisotopic (exact) mass is 515 g/mol.